The number of halogens is 1. The monoisotopic (exact) mass is 292 g/mol. The third-order valence-corrected chi connectivity index (χ3v) is 3.65. The molecule has 1 aliphatic rings. The highest BCUT2D eigenvalue weighted by Crippen LogP contribution is 2.23. The molecule has 1 aromatic carbocycles. The fourth-order valence-corrected chi connectivity index (χ4v) is 2.39. The molecule has 2 amide bonds. The Morgan fingerprint density at radius 2 is 1.86 bits per heavy atom. The van der Waals surface area contributed by atoms with Crippen molar-refractivity contribution in [2.45, 2.75) is 33.2 Å². The summed E-state index contributed by atoms with van der Waals surface area (Å²) in [6.45, 7) is 6.34. The highest BCUT2D eigenvalue weighted by atomic mass is 19.1. The number of rotatable bonds is 3. The van der Waals surface area contributed by atoms with Crippen LogP contribution in [0.2, 0.25) is 0 Å². The first-order valence-electron chi connectivity index (χ1n) is 7.10. The van der Waals surface area contributed by atoms with Gasteiger partial charge in [0.2, 0.25) is 11.8 Å². The van der Waals surface area contributed by atoms with Gasteiger partial charge in [-0.3, -0.25) is 9.59 Å². The van der Waals surface area contributed by atoms with E-state index in [1.54, 1.807) is 17.0 Å². The Labute approximate surface area is 124 Å². The van der Waals surface area contributed by atoms with Gasteiger partial charge in [-0.15, -0.1) is 0 Å². The van der Waals surface area contributed by atoms with Crippen LogP contribution in [0.4, 0.5) is 4.39 Å². The number of hydrogen-bond acceptors (Lipinski definition) is 2. The van der Waals surface area contributed by atoms with Crippen molar-refractivity contribution in [3.8, 4) is 0 Å². The Morgan fingerprint density at radius 3 is 2.43 bits per heavy atom. The highest BCUT2D eigenvalue weighted by molar-refractivity contribution is 5.95. The van der Waals surface area contributed by atoms with E-state index in [4.69, 9.17) is 0 Å². The number of amides is 2. The molecule has 0 bridgehead atoms. The van der Waals surface area contributed by atoms with E-state index in [2.05, 4.69) is 5.32 Å². The van der Waals surface area contributed by atoms with Crippen LogP contribution in [0.25, 0.3) is 0 Å². The van der Waals surface area contributed by atoms with Crippen molar-refractivity contribution >= 4 is 11.8 Å². The first-order valence-corrected chi connectivity index (χ1v) is 7.10. The molecule has 0 radical (unpaired) electrons. The second kappa shape index (κ2) is 5.84. The van der Waals surface area contributed by atoms with E-state index in [9.17, 15) is 14.0 Å². The summed E-state index contributed by atoms with van der Waals surface area (Å²) in [5, 5.41) is 2.76. The lowest BCUT2D eigenvalue weighted by atomic mass is 9.84. The maximum atomic E-state index is 12.9. The minimum atomic E-state index is -0.494. The number of benzene rings is 1. The van der Waals surface area contributed by atoms with Gasteiger partial charge in [-0.25, -0.2) is 4.39 Å². The van der Waals surface area contributed by atoms with Crippen LogP contribution in [-0.2, 0) is 16.0 Å². The van der Waals surface area contributed by atoms with Crippen LogP contribution in [0.15, 0.2) is 24.3 Å². The van der Waals surface area contributed by atoms with Gasteiger partial charge in [0.25, 0.3) is 0 Å². The summed E-state index contributed by atoms with van der Waals surface area (Å²) in [5.74, 6) is -0.460. The predicted molar refractivity (Wildman–Crippen MR) is 78.1 cm³/mol. The van der Waals surface area contributed by atoms with Gasteiger partial charge in [0.1, 0.15) is 11.9 Å². The lowest BCUT2D eigenvalue weighted by molar-refractivity contribution is -0.147. The van der Waals surface area contributed by atoms with Crippen molar-refractivity contribution < 1.29 is 14.0 Å². The van der Waals surface area contributed by atoms with Gasteiger partial charge >= 0.3 is 0 Å². The average molecular weight is 292 g/mol. The molecule has 0 spiro atoms. The van der Waals surface area contributed by atoms with Crippen LogP contribution in [0.1, 0.15) is 26.3 Å². The van der Waals surface area contributed by atoms with E-state index in [0.717, 1.165) is 5.56 Å². The minimum Gasteiger partial charge on any atom is -0.342 e. The van der Waals surface area contributed by atoms with Gasteiger partial charge in [0, 0.05) is 6.54 Å². The summed E-state index contributed by atoms with van der Waals surface area (Å²) in [7, 11) is 0. The van der Waals surface area contributed by atoms with Gasteiger partial charge in [-0.2, -0.15) is 0 Å². The van der Waals surface area contributed by atoms with E-state index in [-0.39, 0.29) is 29.6 Å². The number of piperazine rings is 1. The van der Waals surface area contributed by atoms with Crippen LogP contribution in [0.3, 0.4) is 0 Å². The fourth-order valence-electron chi connectivity index (χ4n) is 2.39. The van der Waals surface area contributed by atoms with E-state index < -0.39 is 6.04 Å². The maximum absolute atomic E-state index is 12.9. The molecule has 1 heterocycles. The Kier molecular flexibility index (Phi) is 4.30. The summed E-state index contributed by atoms with van der Waals surface area (Å²) in [4.78, 5) is 25.8. The molecule has 1 aromatic rings. The highest BCUT2D eigenvalue weighted by Gasteiger charge is 2.39. The Hall–Kier alpha value is -1.91. The van der Waals surface area contributed by atoms with Gasteiger partial charge in [-0.05, 0) is 29.5 Å². The van der Waals surface area contributed by atoms with Crippen LogP contribution in [0, 0.1) is 11.2 Å². The second-order valence-corrected chi connectivity index (χ2v) is 6.50. The molecule has 1 fully saturated rings. The van der Waals surface area contributed by atoms with Crippen LogP contribution in [-0.4, -0.2) is 35.8 Å². The molecule has 1 aliphatic heterocycles. The molecule has 1 unspecified atom stereocenters. The molecular formula is C16H21FN2O2. The van der Waals surface area contributed by atoms with Crippen molar-refractivity contribution in [1.29, 1.82) is 0 Å². The topological polar surface area (TPSA) is 49.4 Å². The smallest absolute Gasteiger partial charge is 0.246 e. The lowest BCUT2D eigenvalue weighted by Gasteiger charge is -2.38. The standard InChI is InChI=1S/C16H21FN2O2/c1-16(2,3)14-15(21)19(10-13(20)18-14)9-8-11-4-6-12(17)7-5-11/h4-7,14H,8-10H2,1-3H3,(H,18,20). The molecule has 2 rings (SSSR count). The molecule has 1 saturated heterocycles. The average Bonchev–Trinajstić information content (AvgIpc) is 2.40. The predicted octanol–water partition coefficient (Wildman–Crippen LogP) is 1.74. The molecule has 4 nitrogen and oxygen atoms in total. The largest absolute Gasteiger partial charge is 0.342 e. The number of hydrogen-bond donors (Lipinski definition) is 1. The van der Waals surface area contributed by atoms with Crippen molar-refractivity contribution in [2.24, 2.45) is 5.41 Å². The second-order valence-electron chi connectivity index (χ2n) is 6.50. The third kappa shape index (κ3) is 3.80. The quantitative estimate of drug-likeness (QED) is 0.922. The van der Waals surface area contributed by atoms with Crippen LogP contribution in [0.5, 0.6) is 0 Å². The van der Waals surface area contributed by atoms with Crippen LogP contribution >= 0.6 is 0 Å². The summed E-state index contributed by atoms with van der Waals surface area (Å²) < 4.78 is 12.9. The molecule has 1 N–H and O–H groups in total. The molecule has 0 aliphatic carbocycles. The Morgan fingerprint density at radius 1 is 1.24 bits per heavy atom. The molecule has 114 valence electrons. The molecule has 21 heavy (non-hydrogen) atoms. The summed E-state index contributed by atoms with van der Waals surface area (Å²) >= 11 is 0. The molecule has 5 heteroatoms. The van der Waals surface area contributed by atoms with Crippen molar-refractivity contribution in [1.82, 2.24) is 10.2 Å². The lowest BCUT2D eigenvalue weighted by Crippen LogP contribution is -2.62. The van der Waals surface area contributed by atoms with Crippen molar-refractivity contribution in [3.05, 3.63) is 35.6 Å². The third-order valence-electron chi connectivity index (χ3n) is 3.65. The van der Waals surface area contributed by atoms with Gasteiger partial charge in [0.05, 0.1) is 6.54 Å². The first-order chi connectivity index (χ1) is 9.77. The maximum Gasteiger partial charge on any atom is 0.246 e. The molecule has 1 atom stereocenters. The van der Waals surface area contributed by atoms with Crippen molar-refractivity contribution in [2.75, 3.05) is 13.1 Å². The van der Waals surface area contributed by atoms with E-state index in [1.807, 2.05) is 20.8 Å². The molecule has 0 aromatic heterocycles. The first kappa shape index (κ1) is 15.5. The summed E-state index contributed by atoms with van der Waals surface area (Å²) in [6.07, 6.45) is 0.607. The Bertz CT molecular complexity index is 534. The zero-order valence-corrected chi connectivity index (χ0v) is 12.6. The number of nitrogens with one attached hydrogen (secondary N) is 1. The molecular weight excluding hydrogens is 271 g/mol. The molecule has 0 saturated carbocycles. The van der Waals surface area contributed by atoms with E-state index in [0.29, 0.717) is 13.0 Å². The number of carbonyl (C=O) groups excluding carboxylic acids is 2. The summed E-state index contributed by atoms with van der Waals surface area (Å²) in [6, 6.07) is 5.71. The SMILES string of the molecule is CC(C)(C)C1NC(=O)CN(CCc2ccc(F)cc2)C1=O. The van der Waals surface area contributed by atoms with Crippen LogP contribution < -0.4 is 5.32 Å². The summed E-state index contributed by atoms with van der Waals surface area (Å²) in [5.41, 5.74) is 0.629. The zero-order valence-electron chi connectivity index (χ0n) is 12.6. The van der Waals surface area contributed by atoms with Gasteiger partial charge in [0.15, 0.2) is 0 Å². The van der Waals surface area contributed by atoms with E-state index in [1.165, 1.54) is 12.1 Å². The fraction of sp³-hybridized carbons (Fsp3) is 0.500. The van der Waals surface area contributed by atoms with Crippen molar-refractivity contribution in [3.63, 3.8) is 0 Å². The number of nitrogens with zero attached hydrogens (tertiary/aromatic N) is 1. The normalized spacial score (nSPS) is 19.6. The Balaban J connectivity index is 2.03. The van der Waals surface area contributed by atoms with Gasteiger partial charge < -0.3 is 10.2 Å². The zero-order chi connectivity index (χ0) is 15.6. The van der Waals surface area contributed by atoms with E-state index >= 15 is 0 Å². The van der Waals surface area contributed by atoms with Gasteiger partial charge in [-0.1, -0.05) is 32.9 Å². The number of carbonyl (C=O) groups is 2. The minimum absolute atomic E-state index is 0.0517.